The fraction of sp³-hybridized carbons (Fsp3) is 0.824. The van der Waals surface area contributed by atoms with Crippen LogP contribution in [-0.4, -0.2) is 64.1 Å². The van der Waals surface area contributed by atoms with Crippen LogP contribution < -0.4 is 0 Å². The highest BCUT2D eigenvalue weighted by atomic mass is 16.5. The molecule has 3 heterocycles. The fourth-order valence-electron chi connectivity index (χ4n) is 3.49. The minimum Gasteiger partial charge on any atom is -0.376 e. The third-order valence-corrected chi connectivity index (χ3v) is 4.85. The molecule has 0 N–H and O–H groups in total. The molecule has 24 heavy (non-hydrogen) atoms. The maximum atomic E-state index is 13.0. The zero-order valence-corrected chi connectivity index (χ0v) is 14.6. The molecule has 134 valence electrons. The number of hydrogen-bond acceptors (Lipinski definition) is 5. The van der Waals surface area contributed by atoms with Crippen molar-refractivity contribution < 1.29 is 14.3 Å². The van der Waals surface area contributed by atoms with Crippen LogP contribution in [0.2, 0.25) is 0 Å². The van der Waals surface area contributed by atoms with Crippen molar-refractivity contribution in [2.45, 2.75) is 57.8 Å². The van der Waals surface area contributed by atoms with Crippen molar-refractivity contribution in [2.24, 2.45) is 5.92 Å². The van der Waals surface area contributed by atoms with Crippen molar-refractivity contribution in [1.29, 1.82) is 0 Å². The van der Waals surface area contributed by atoms with Crippen LogP contribution in [0.25, 0.3) is 0 Å². The number of amides is 1. The Balaban J connectivity index is 1.58. The van der Waals surface area contributed by atoms with E-state index in [4.69, 9.17) is 9.47 Å². The molecule has 2 aliphatic heterocycles. The van der Waals surface area contributed by atoms with Gasteiger partial charge < -0.3 is 14.4 Å². The second-order valence-corrected chi connectivity index (χ2v) is 7.09. The number of likely N-dealkylation sites (tertiary alicyclic amines) is 1. The van der Waals surface area contributed by atoms with Gasteiger partial charge >= 0.3 is 0 Å². The summed E-state index contributed by atoms with van der Waals surface area (Å²) in [5.74, 6) is 0.235. The van der Waals surface area contributed by atoms with E-state index in [1.165, 1.54) is 0 Å². The first-order valence-corrected chi connectivity index (χ1v) is 9.01. The van der Waals surface area contributed by atoms with Gasteiger partial charge in [-0.25, -0.2) is 9.67 Å². The molecule has 3 atom stereocenters. The summed E-state index contributed by atoms with van der Waals surface area (Å²) in [6.07, 6.45) is 7.13. The van der Waals surface area contributed by atoms with E-state index in [0.717, 1.165) is 38.8 Å². The van der Waals surface area contributed by atoms with Gasteiger partial charge in [-0.2, -0.15) is 5.10 Å². The van der Waals surface area contributed by atoms with Crippen molar-refractivity contribution in [3.8, 4) is 0 Å². The first-order valence-electron chi connectivity index (χ1n) is 9.01. The topological polar surface area (TPSA) is 69.5 Å². The number of hydrogen-bond donors (Lipinski definition) is 0. The van der Waals surface area contributed by atoms with Gasteiger partial charge in [0.15, 0.2) is 0 Å². The molecule has 3 rings (SSSR count). The zero-order chi connectivity index (χ0) is 16.9. The second-order valence-electron chi connectivity index (χ2n) is 7.09. The Morgan fingerprint density at radius 3 is 2.92 bits per heavy atom. The highest BCUT2D eigenvalue weighted by Crippen LogP contribution is 2.23. The molecule has 0 unspecified atom stereocenters. The van der Waals surface area contributed by atoms with E-state index in [2.05, 4.69) is 10.1 Å². The predicted octanol–water partition coefficient (Wildman–Crippen LogP) is 1.66. The van der Waals surface area contributed by atoms with Crippen LogP contribution in [0.3, 0.4) is 0 Å². The SMILES string of the molecule is CC(C)[C@H](OC[C@H]1CCCO1)C(=O)N1CCC[C@@H](n2cncn2)C1. The van der Waals surface area contributed by atoms with Gasteiger partial charge in [-0.1, -0.05) is 13.8 Å². The Morgan fingerprint density at radius 2 is 2.25 bits per heavy atom. The summed E-state index contributed by atoms with van der Waals surface area (Å²) in [6, 6.07) is 0.205. The molecular formula is C17H28N4O3. The average Bonchev–Trinajstić information content (AvgIpc) is 3.28. The number of carbonyl (C=O) groups excluding carboxylic acids is 1. The van der Waals surface area contributed by atoms with Crippen LogP contribution in [0.5, 0.6) is 0 Å². The van der Waals surface area contributed by atoms with Gasteiger partial charge in [0.25, 0.3) is 5.91 Å². The second kappa shape index (κ2) is 8.07. The molecule has 2 aliphatic rings. The molecule has 1 amide bonds. The Kier molecular flexibility index (Phi) is 5.84. The number of nitrogens with zero attached hydrogens (tertiary/aromatic N) is 4. The van der Waals surface area contributed by atoms with E-state index in [0.29, 0.717) is 13.2 Å². The van der Waals surface area contributed by atoms with E-state index in [-0.39, 0.29) is 24.0 Å². The van der Waals surface area contributed by atoms with Crippen LogP contribution in [0.15, 0.2) is 12.7 Å². The molecule has 1 aromatic rings. The molecule has 0 radical (unpaired) electrons. The lowest BCUT2D eigenvalue weighted by molar-refractivity contribution is -0.151. The van der Waals surface area contributed by atoms with E-state index in [1.54, 1.807) is 12.7 Å². The molecule has 2 saturated heterocycles. The van der Waals surface area contributed by atoms with Crippen molar-refractivity contribution in [3.05, 3.63) is 12.7 Å². The lowest BCUT2D eigenvalue weighted by Crippen LogP contribution is -2.48. The lowest BCUT2D eigenvalue weighted by atomic mass is 10.0. The Labute approximate surface area is 143 Å². The molecule has 0 aliphatic carbocycles. The summed E-state index contributed by atoms with van der Waals surface area (Å²) in [5.41, 5.74) is 0. The molecule has 1 aromatic heterocycles. The first-order chi connectivity index (χ1) is 11.6. The molecule has 0 saturated carbocycles. The Hall–Kier alpha value is -1.47. The van der Waals surface area contributed by atoms with Gasteiger partial charge in [0.2, 0.25) is 0 Å². The number of ether oxygens (including phenoxy) is 2. The van der Waals surface area contributed by atoms with Gasteiger partial charge in [0.1, 0.15) is 18.8 Å². The van der Waals surface area contributed by atoms with Crippen LogP contribution in [0, 0.1) is 5.92 Å². The van der Waals surface area contributed by atoms with Gasteiger partial charge in [-0.15, -0.1) is 0 Å². The van der Waals surface area contributed by atoms with Crippen LogP contribution in [0.1, 0.15) is 45.6 Å². The van der Waals surface area contributed by atoms with E-state index >= 15 is 0 Å². The molecule has 0 bridgehead atoms. The van der Waals surface area contributed by atoms with Crippen molar-refractivity contribution in [3.63, 3.8) is 0 Å². The van der Waals surface area contributed by atoms with Gasteiger partial charge in [-0.05, 0) is 31.6 Å². The summed E-state index contributed by atoms with van der Waals surface area (Å²) in [5, 5.41) is 4.22. The monoisotopic (exact) mass is 336 g/mol. The molecule has 2 fully saturated rings. The number of carbonyl (C=O) groups is 1. The highest BCUT2D eigenvalue weighted by Gasteiger charge is 2.33. The quantitative estimate of drug-likeness (QED) is 0.790. The van der Waals surface area contributed by atoms with Crippen molar-refractivity contribution >= 4 is 5.91 Å². The standard InChI is InChI=1S/C17H28N4O3/c1-13(2)16(24-10-15-6-4-8-23-15)17(22)20-7-3-5-14(9-20)21-12-18-11-19-21/h11-16H,3-10H2,1-2H3/t14-,15-,16+/m1/s1. The molecule has 0 aromatic carbocycles. The molecular weight excluding hydrogens is 308 g/mol. The number of aromatic nitrogens is 3. The van der Waals surface area contributed by atoms with Crippen molar-refractivity contribution in [2.75, 3.05) is 26.3 Å². The Morgan fingerprint density at radius 1 is 1.38 bits per heavy atom. The van der Waals surface area contributed by atoms with E-state index in [1.807, 2.05) is 23.4 Å². The largest absolute Gasteiger partial charge is 0.376 e. The number of piperidine rings is 1. The van der Waals surface area contributed by atoms with E-state index < -0.39 is 6.10 Å². The van der Waals surface area contributed by atoms with Crippen molar-refractivity contribution in [1.82, 2.24) is 19.7 Å². The summed E-state index contributed by atoms with van der Waals surface area (Å²) >= 11 is 0. The molecule has 0 spiro atoms. The predicted molar refractivity (Wildman–Crippen MR) is 88.4 cm³/mol. The lowest BCUT2D eigenvalue weighted by Gasteiger charge is -2.35. The number of rotatable bonds is 6. The van der Waals surface area contributed by atoms with Gasteiger partial charge in [0.05, 0.1) is 18.8 Å². The summed E-state index contributed by atoms with van der Waals surface area (Å²) < 4.78 is 13.4. The maximum Gasteiger partial charge on any atom is 0.252 e. The molecule has 7 heteroatoms. The van der Waals surface area contributed by atoms with Gasteiger partial charge in [-0.3, -0.25) is 4.79 Å². The maximum absolute atomic E-state index is 13.0. The smallest absolute Gasteiger partial charge is 0.252 e. The highest BCUT2D eigenvalue weighted by molar-refractivity contribution is 5.81. The minimum atomic E-state index is -0.399. The van der Waals surface area contributed by atoms with Crippen LogP contribution in [0.4, 0.5) is 0 Å². The Bertz CT molecular complexity index is 514. The summed E-state index contributed by atoms with van der Waals surface area (Å²) in [4.78, 5) is 18.9. The van der Waals surface area contributed by atoms with Crippen LogP contribution >= 0.6 is 0 Å². The van der Waals surface area contributed by atoms with Gasteiger partial charge in [0, 0.05) is 19.7 Å². The van der Waals surface area contributed by atoms with E-state index in [9.17, 15) is 4.79 Å². The third-order valence-electron chi connectivity index (χ3n) is 4.85. The third kappa shape index (κ3) is 4.13. The minimum absolute atomic E-state index is 0.0906. The molecule has 7 nitrogen and oxygen atoms in total. The summed E-state index contributed by atoms with van der Waals surface area (Å²) in [6.45, 7) is 6.86. The van der Waals surface area contributed by atoms with Crippen LogP contribution in [-0.2, 0) is 14.3 Å². The normalized spacial score (nSPS) is 26.0. The zero-order valence-electron chi connectivity index (χ0n) is 14.6. The average molecular weight is 336 g/mol. The first kappa shape index (κ1) is 17.4. The summed E-state index contributed by atoms with van der Waals surface area (Å²) in [7, 11) is 0. The fourth-order valence-corrected chi connectivity index (χ4v) is 3.49.